The fourth-order valence-electron chi connectivity index (χ4n) is 1.76. The lowest BCUT2D eigenvalue weighted by atomic mass is 10.1. The van der Waals surface area contributed by atoms with Crippen LogP contribution in [0.1, 0.15) is 25.0 Å². The molecule has 0 aliphatic heterocycles. The maximum absolute atomic E-state index is 10.7. The van der Waals surface area contributed by atoms with Crippen molar-refractivity contribution in [2.24, 2.45) is 0 Å². The van der Waals surface area contributed by atoms with E-state index >= 15 is 0 Å². The highest BCUT2D eigenvalue weighted by molar-refractivity contribution is 7.81. The first-order valence-electron chi connectivity index (χ1n) is 7.53. The van der Waals surface area contributed by atoms with E-state index in [4.69, 9.17) is 9.29 Å². The van der Waals surface area contributed by atoms with E-state index in [1.807, 2.05) is 50.3 Å². The lowest BCUT2D eigenvalue weighted by molar-refractivity contribution is 0.162. The first kappa shape index (κ1) is 19.9. The molecule has 6 heteroatoms. The molecular formula is C18H22O5S. The summed E-state index contributed by atoms with van der Waals surface area (Å²) in [5.41, 5.74) is 1.54. The summed E-state index contributed by atoms with van der Waals surface area (Å²) in [7, 11) is -4.52. The van der Waals surface area contributed by atoms with Crippen LogP contribution >= 0.6 is 0 Å². The molecule has 24 heavy (non-hydrogen) atoms. The van der Waals surface area contributed by atoms with Crippen LogP contribution in [0.4, 0.5) is 0 Å². The lowest BCUT2D eigenvalue weighted by Crippen LogP contribution is -2.07. The summed E-state index contributed by atoms with van der Waals surface area (Å²) < 4.78 is 39.5. The molecule has 0 bridgehead atoms. The van der Waals surface area contributed by atoms with Crippen LogP contribution in [0.5, 0.6) is 5.75 Å². The van der Waals surface area contributed by atoms with Crippen molar-refractivity contribution in [3.8, 4) is 5.75 Å². The zero-order chi connectivity index (χ0) is 17.8. The second-order valence-corrected chi connectivity index (χ2v) is 5.60. The third kappa shape index (κ3) is 8.47. The highest BCUT2D eigenvalue weighted by Gasteiger charge is 2.09. The summed E-state index contributed by atoms with van der Waals surface area (Å²) in [6.45, 7) is 5.67. The van der Waals surface area contributed by atoms with Crippen LogP contribution in [0.15, 0.2) is 54.6 Å². The van der Waals surface area contributed by atoms with Gasteiger partial charge in [0.2, 0.25) is 0 Å². The summed E-state index contributed by atoms with van der Waals surface area (Å²) in [6, 6.07) is 16.1. The van der Waals surface area contributed by atoms with Crippen LogP contribution in [0, 0.1) is 0 Å². The maximum atomic E-state index is 10.7. The molecule has 0 aliphatic carbocycles. The number of para-hydroxylation sites is 1. The molecule has 0 unspecified atom stereocenters. The van der Waals surface area contributed by atoms with Crippen molar-refractivity contribution in [2.75, 3.05) is 13.2 Å². The highest BCUT2D eigenvalue weighted by atomic mass is 32.3. The van der Waals surface area contributed by atoms with Gasteiger partial charge in [0.15, 0.2) is 5.75 Å². The Hall–Kier alpha value is -2.15. The number of ether oxygens (including phenoxy) is 1. The van der Waals surface area contributed by atoms with Gasteiger partial charge in [0, 0.05) is 18.8 Å². The van der Waals surface area contributed by atoms with Crippen molar-refractivity contribution < 1.29 is 21.9 Å². The Morgan fingerprint density at radius 2 is 1.50 bits per heavy atom. The summed E-state index contributed by atoms with van der Waals surface area (Å²) >= 11 is 0. The van der Waals surface area contributed by atoms with Crippen molar-refractivity contribution in [1.82, 2.24) is 0 Å². The van der Waals surface area contributed by atoms with Gasteiger partial charge in [-0.2, -0.15) is 8.42 Å². The predicted molar refractivity (Wildman–Crippen MR) is 96.2 cm³/mol. The van der Waals surface area contributed by atoms with E-state index in [1.165, 1.54) is 6.07 Å². The Balaban J connectivity index is 0.000000505. The minimum absolute atomic E-state index is 0.0807. The van der Waals surface area contributed by atoms with Gasteiger partial charge in [-0.3, -0.25) is 4.55 Å². The molecular weight excluding hydrogens is 328 g/mol. The Morgan fingerprint density at radius 1 is 0.917 bits per heavy atom. The van der Waals surface area contributed by atoms with Gasteiger partial charge in [-0.05, 0) is 25.5 Å². The maximum Gasteiger partial charge on any atom is 0.446 e. The molecule has 0 saturated carbocycles. The van der Waals surface area contributed by atoms with Gasteiger partial charge in [0.25, 0.3) is 0 Å². The molecule has 0 fully saturated rings. The summed E-state index contributed by atoms with van der Waals surface area (Å²) in [6.07, 6.45) is 3.54. The van der Waals surface area contributed by atoms with Crippen LogP contribution in [0.3, 0.4) is 0 Å². The van der Waals surface area contributed by atoms with Crippen molar-refractivity contribution >= 4 is 22.6 Å². The van der Waals surface area contributed by atoms with E-state index in [9.17, 15) is 8.42 Å². The fraction of sp³-hybridized carbons (Fsp3) is 0.222. The topological polar surface area (TPSA) is 72.8 Å². The molecule has 0 radical (unpaired) electrons. The highest BCUT2D eigenvalue weighted by Crippen LogP contribution is 2.21. The molecule has 2 aromatic carbocycles. The van der Waals surface area contributed by atoms with E-state index in [0.717, 1.165) is 18.8 Å². The lowest BCUT2D eigenvalue weighted by Gasteiger charge is -2.04. The molecule has 0 heterocycles. The minimum Gasteiger partial charge on any atom is -0.382 e. The monoisotopic (exact) mass is 350 g/mol. The molecule has 0 amide bonds. The third-order valence-corrected chi connectivity index (χ3v) is 3.17. The molecule has 0 spiro atoms. The van der Waals surface area contributed by atoms with Crippen molar-refractivity contribution in [3.63, 3.8) is 0 Å². The standard InChI is InChI=1S/C14H12O4S.C4H10O/c15-19(16,17)18-14-9-5-4-8-13(14)11-10-12-6-2-1-3-7-12;1-3-5-4-2/h1-11H,(H,15,16,17);3-4H2,1-2H3/b11-10+;. The Morgan fingerprint density at radius 3 is 2.04 bits per heavy atom. The average Bonchev–Trinajstić information content (AvgIpc) is 2.55. The average molecular weight is 350 g/mol. The number of benzene rings is 2. The quantitative estimate of drug-likeness (QED) is 0.628. The first-order chi connectivity index (χ1) is 11.5. The van der Waals surface area contributed by atoms with E-state index in [-0.39, 0.29) is 5.75 Å². The van der Waals surface area contributed by atoms with Crippen LogP contribution in [-0.2, 0) is 15.1 Å². The second-order valence-electron chi connectivity index (χ2n) is 4.57. The fourth-order valence-corrected chi connectivity index (χ4v) is 2.14. The van der Waals surface area contributed by atoms with Gasteiger partial charge < -0.3 is 8.92 Å². The Labute approximate surface area is 143 Å². The predicted octanol–water partition coefficient (Wildman–Crippen LogP) is 4.08. The normalized spacial score (nSPS) is 11.0. The minimum atomic E-state index is -4.52. The molecule has 0 saturated heterocycles. The molecule has 0 aliphatic rings. The molecule has 2 aromatic rings. The summed E-state index contributed by atoms with van der Waals surface area (Å²) in [5.74, 6) is 0.0807. The second kappa shape index (κ2) is 10.6. The molecule has 0 atom stereocenters. The van der Waals surface area contributed by atoms with Crippen LogP contribution in [0.25, 0.3) is 12.2 Å². The largest absolute Gasteiger partial charge is 0.446 e. The van der Waals surface area contributed by atoms with Gasteiger partial charge in [0.05, 0.1) is 0 Å². The van der Waals surface area contributed by atoms with Gasteiger partial charge in [-0.1, -0.05) is 60.7 Å². The van der Waals surface area contributed by atoms with E-state index in [1.54, 1.807) is 24.3 Å². The first-order valence-corrected chi connectivity index (χ1v) is 8.89. The van der Waals surface area contributed by atoms with Gasteiger partial charge in [-0.25, -0.2) is 0 Å². The Bertz CT molecular complexity index is 722. The number of hydrogen-bond acceptors (Lipinski definition) is 4. The van der Waals surface area contributed by atoms with Gasteiger partial charge in [0.1, 0.15) is 0 Å². The van der Waals surface area contributed by atoms with Crippen LogP contribution in [-0.4, -0.2) is 26.2 Å². The number of hydrogen-bond donors (Lipinski definition) is 1. The van der Waals surface area contributed by atoms with E-state index in [2.05, 4.69) is 4.18 Å². The molecule has 0 aromatic heterocycles. The summed E-state index contributed by atoms with van der Waals surface area (Å²) in [5, 5.41) is 0. The van der Waals surface area contributed by atoms with E-state index in [0.29, 0.717) is 5.56 Å². The van der Waals surface area contributed by atoms with Gasteiger partial charge in [-0.15, -0.1) is 0 Å². The smallest absolute Gasteiger partial charge is 0.382 e. The zero-order valence-electron chi connectivity index (χ0n) is 13.8. The third-order valence-electron chi connectivity index (χ3n) is 2.78. The van der Waals surface area contributed by atoms with E-state index < -0.39 is 10.4 Å². The van der Waals surface area contributed by atoms with Crippen molar-refractivity contribution in [1.29, 1.82) is 0 Å². The van der Waals surface area contributed by atoms with Crippen LogP contribution in [0.2, 0.25) is 0 Å². The zero-order valence-corrected chi connectivity index (χ0v) is 14.6. The van der Waals surface area contributed by atoms with Crippen molar-refractivity contribution in [2.45, 2.75) is 13.8 Å². The number of rotatable bonds is 6. The molecule has 2 rings (SSSR count). The molecule has 1 N–H and O–H groups in total. The van der Waals surface area contributed by atoms with Crippen LogP contribution < -0.4 is 4.18 Å². The SMILES string of the molecule is CCOCC.O=S(=O)(O)Oc1ccccc1/C=C/c1ccccc1. The Kier molecular flexibility index (Phi) is 8.78. The molecule has 130 valence electrons. The van der Waals surface area contributed by atoms with Crippen molar-refractivity contribution in [3.05, 3.63) is 65.7 Å². The van der Waals surface area contributed by atoms with Gasteiger partial charge >= 0.3 is 10.4 Å². The summed E-state index contributed by atoms with van der Waals surface area (Å²) in [4.78, 5) is 0. The molecule has 5 nitrogen and oxygen atoms in total.